The number of nitrogens with zero attached hydrogens (tertiary/aromatic N) is 2. The van der Waals surface area contributed by atoms with E-state index in [1.54, 1.807) is 48.5 Å². The lowest BCUT2D eigenvalue weighted by Crippen LogP contribution is -2.37. The SMILES string of the molecule is COc1ccc(C2=C(c3ccc(OC)c(OC)c3)C(=O)N(C(=O)c3ccc(OCc4ccccc4)c([N+](=O)[O-])c3)C2=O)cc1OC. The molecule has 12 heteroatoms. The molecule has 4 aromatic rings. The first kappa shape index (κ1) is 31.3. The summed E-state index contributed by atoms with van der Waals surface area (Å²) in [4.78, 5) is 53.6. The van der Waals surface area contributed by atoms with E-state index in [1.807, 2.05) is 6.07 Å². The van der Waals surface area contributed by atoms with Crippen molar-refractivity contribution in [1.29, 1.82) is 0 Å². The number of rotatable bonds is 11. The van der Waals surface area contributed by atoms with E-state index in [2.05, 4.69) is 0 Å². The molecule has 0 N–H and O–H groups in total. The van der Waals surface area contributed by atoms with Crippen LogP contribution in [-0.4, -0.2) is 56.0 Å². The van der Waals surface area contributed by atoms with Gasteiger partial charge in [0, 0.05) is 11.6 Å². The average Bonchev–Trinajstić information content (AvgIpc) is 3.35. The summed E-state index contributed by atoms with van der Waals surface area (Å²) >= 11 is 0. The molecule has 0 bridgehead atoms. The topological polar surface area (TPSA) is 144 Å². The second kappa shape index (κ2) is 13.2. The summed E-state index contributed by atoms with van der Waals surface area (Å²) in [5.41, 5.74) is 0.363. The normalized spacial score (nSPS) is 12.7. The highest BCUT2D eigenvalue weighted by molar-refractivity contribution is 6.53. The highest BCUT2D eigenvalue weighted by atomic mass is 16.6. The lowest BCUT2D eigenvalue weighted by atomic mass is 9.95. The van der Waals surface area contributed by atoms with Gasteiger partial charge >= 0.3 is 5.69 Å². The molecule has 0 aromatic heterocycles. The Balaban J connectivity index is 1.57. The van der Waals surface area contributed by atoms with Crippen molar-refractivity contribution < 1.29 is 43.0 Å². The number of nitro groups is 1. The summed E-state index contributed by atoms with van der Waals surface area (Å²) < 4.78 is 27.1. The van der Waals surface area contributed by atoms with Crippen molar-refractivity contribution in [2.24, 2.45) is 0 Å². The molecule has 0 aliphatic carbocycles. The summed E-state index contributed by atoms with van der Waals surface area (Å²) in [5, 5.41) is 12.0. The Hall–Kier alpha value is -6.17. The highest BCUT2D eigenvalue weighted by Gasteiger charge is 2.44. The first-order valence-electron chi connectivity index (χ1n) is 13.8. The molecule has 5 rings (SSSR count). The van der Waals surface area contributed by atoms with Crippen molar-refractivity contribution in [2.75, 3.05) is 28.4 Å². The maximum atomic E-state index is 14.0. The van der Waals surface area contributed by atoms with Crippen LogP contribution in [0, 0.1) is 10.1 Å². The molecule has 3 amide bonds. The first-order valence-corrected chi connectivity index (χ1v) is 13.8. The molecule has 0 atom stereocenters. The highest BCUT2D eigenvalue weighted by Crippen LogP contribution is 2.42. The molecule has 12 nitrogen and oxygen atoms in total. The number of nitro benzene ring substituents is 1. The standard InChI is InChI=1S/C34H28N2O10/c1-42-26-14-10-21(17-28(26)44-3)30-31(22-11-15-27(43-2)29(18-22)45-4)34(39)35(33(30)38)32(37)23-12-13-25(24(16-23)36(40)41)46-19-20-8-6-5-7-9-20/h5-18H,19H2,1-4H3. The Labute approximate surface area is 263 Å². The van der Waals surface area contributed by atoms with Crippen molar-refractivity contribution in [3.8, 4) is 28.7 Å². The van der Waals surface area contributed by atoms with Crippen LogP contribution < -0.4 is 23.7 Å². The van der Waals surface area contributed by atoms with E-state index < -0.39 is 28.3 Å². The van der Waals surface area contributed by atoms with Gasteiger partial charge in [0.2, 0.25) is 0 Å². The molecular weight excluding hydrogens is 596 g/mol. The zero-order chi connectivity index (χ0) is 33.0. The average molecular weight is 625 g/mol. The number of ether oxygens (including phenoxy) is 5. The predicted octanol–water partition coefficient (Wildman–Crippen LogP) is 5.33. The van der Waals surface area contributed by atoms with Crippen LogP contribution in [0.25, 0.3) is 11.1 Å². The van der Waals surface area contributed by atoms with E-state index in [0.29, 0.717) is 16.4 Å². The zero-order valence-corrected chi connectivity index (χ0v) is 25.3. The third-order valence-corrected chi connectivity index (χ3v) is 7.27. The van der Waals surface area contributed by atoms with Crippen LogP contribution in [0.2, 0.25) is 0 Å². The van der Waals surface area contributed by atoms with Crippen molar-refractivity contribution in [3.63, 3.8) is 0 Å². The van der Waals surface area contributed by atoms with Crippen LogP contribution in [0.5, 0.6) is 28.7 Å². The molecule has 4 aromatic carbocycles. The Bertz CT molecular complexity index is 1810. The molecule has 0 radical (unpaired) electrons. The number of hydrogen-bond donors (Lipinski definition) is 0. The molecule has 0 unspecified atom stereocenters. The maximum absolute atomic E-state index is 14.0. The Morgan fingerprint density at radius 1 is 0.674 bits per heavy atom. The summed E-state index contributed by atoms with van der Waals surface area (Å²) in [7, 11) is 5.74. The fourth-order valence-corrected chi connectivity index (χ4v) is 5.01. The van der Waals surface area contributed by atoms with Gasteiger partial charge in [0.15, 0.2) is 28.7 Å². The molecule has 0 saturated carbocycles. The van der Waals surface area contributed by atoms with Gasteiger partial charge in [0.1, 0.15) is 6.61 Å². The van der Waals surface area contributed by atoms with Crippen LogP contribution >= 0.6 is 0 Å². The summed E-state index contributed by atoms with van der Waals surface area (Å²) in [5.74, 6) is -1.67. The fourth-order valence-electron chi connectivity index (χ4n) is 5.01. The molecule has 0 saturated heterocycles. The number of methoxy groups -OCH3 is 4. The van der Waals surface area contributed by atoms with Crippen molar-refractivity contribution >= 4 is 34.6 Å². The molecule has 234 valence electrons. The number of amides is 3. The maximum Gasteiger partial charge on any atom is 0.311 e. The number of benzene rings is 4. The van der Waals surface area contributed by atoms with Crippen LogP contribution in [0.3, 0.4) is 0 Å². The summed E-state index contributed by atoms with van der Waals surface area (Å²) in [6.45, 7) is 0.0470. The minimum absolute atomic E-state index is 0.0470. The smallest absolute Gasteiger partial charge is 0.311 e. The van der Waals surface area contributed by atoms with E-state index in [9.17, 15) is 24.5 Å². The minimum atomic E-state index is -1.05. The van der Waals surface area contributed by atoms with Crippen molar-refractivity contribution in [3.05, 3.63) is 117 Å². The number of carbonyl (C=O) groups excluding carboxylic acids is 3. The van der Waals surface area contributed by atoms with E-state index in [1.165, 1.54) is 52.7 Å². The molecule has 1 heterocycles. The van der Waals surface area contributed by atoms with Crippen LogP contribution in [0.15, 0.2) is 84.9 Å². The third-order valence-electron chi connectivity index (χ3n) is 7.27. The van der Waals surface area contributed by atoms with Crippen molar-refractivity contribution in [1.82, 2.24) is 4.90 Å². The van der Waals surface area contributed by atoms with E-state index in [-0.39, 0.29) is 51.7 Å². The first-order chi connectivity index (χ1) is 22.2. The van der Waals surface area contributed by atoms with Gasteiger partial charge in [-0.2, -0.15) is 0 Å². The van der Waals surface area contributed by atoms with Gasteiger partial charge < -0.3 is 23.7 Å². The quantitative estimate of drug-likeness (QED) is 0.122. The van der Waals surface area contributed by atoms with Gasteiger partial charge in [-0.25, -0.2) is 4.90 Å². The van der Waals surface area contributed by atoms with Crippen LogP contribution in [-0.2, 0) is 16.2 Å². The predicted molar refractivity (Wildman–Crippen MR) is 166 cm³/mol. The van der Waals surface area contributed by atoms with Gasteiger partial charge in [-0.3, -0.25) is 24.5 Å². The molecular formula is C34H28N2O10. The Kier molecular flexibility index (Phi) is 8.99. The Morgan fingerprint density at radius 2 is 1.17 bits per heavy atom. The molecule has 1 aliphatic rings. The third kappa shape index (κ3) is 5.83. The van der Waals surface area contributed by atoms with Gasteiger partial charge in [-0.1, -0.05) is 42.5 Å². The van der Waals surface area contributed by atoms with E-state index >= 15 is 0 Å². The van der Waals surface area contributed by atoms with Crippen molar-refractivity contribution in [2.45, 2.75) is 6.61 Å². The van der Waals surface area contributed by atoms with Gasteiger partial charge in [0.25, 0.3) is 17.7 Å². The second-order valence-electron chi connectivity index (χ2n) is 9.85. The van der Waals surface area contributed by atoms with Crippen LogP contribution in [0.4, 0.5) is 5.69 Å². The zero-order valence-electron chi connectivity index (χ0n) is 25.3. The number of imide groups is 3. The lowest BCUT2D eigenvalue weighted by Gasteiger charge is -2.15. The molecule has 0 spiro atoms. The van der Waals surface area contributed by atoms with E-state index in [4.69, 9.17) is 23.7 Å². The lowest BCUT2D eigenvalue weighted by molar-refractivity contribution is -0.386. The van der Waals surface area contributed by atoms with Gasteiger partial charge in [-0.05, 0) is 53.1 Å². The second-order valence-corrected chi connectivity index (χ2v) is 9.85. The summed E-state index contributed by atoms with van der Waals surface area (Å²) in [6, 6.07) is 21.8. The fraction of sp³-hybridized carbons (Fsp3) is 0.147. The monoisotopic (exact) mass is 624 g/mol. The van der Waals surface area contributed by atoms with Gasteiger partial charge in [0.05, 0.1) is 44.5 Å². The molecule has 1 aliphatic heterocycles. The largest absolute Gasteiger partial charge is 0.493 e. The van der Waals surface area contributed by atoms with Gasteiger partial charge in [-0.15, -0.1) is 0 Å². The minimum Gasteiger partial charge on any atom is -0.493 e. The van der Waals surface area contributed by atoms with E-state index in [0.717, 1.165) is 11.6 Å². The summed E-state index contributed by atoms with van der Waals surface area (Å²) in [6.07, 6.45) is 0. The number of hydrogen-bond acceptors (Lipinski definition) is 10. The number of carbonyl (C=O) groups is 3. The molecule has 0 fully saturated rings. The molecule has 46 heavy (non-hydrogen) atoms. The Morgan fingerprint density at radius 3 is 1.65 bits per heavy atom. The van der Waals surface area contributed by atoms with Crippen LogP contribution in [0.1, 0.15) is 27.0 Å².